The predicted molar refractivity (Wildman–Crippen MR) is 100 cm³/mol. The number of fused-ring (bicyclic) bond motifs is 1. The van der Waals surface area contributed by atoms with E-state index >= 15 is 0 Å². The zero-order chi connectivity index (χ0) is 18.1. The molecule has 0 bridgehead atoms. The lowest BCUT2D eigenvalue weighted by Gasteiger charge is -2.09. The highest BCUT2D eigenvalue weighted by Gasteiger charge is 2.13. The number of methoxy groups -OCH3 is 1. The summed E-state index contributed by atoms with van der Waals surface area (Å²) < 4.78 is 6.89. The highest BCUT2D eigenvalue weighted by molar-refractivity contribution is 7.99. The summed E-state index contributed by atoms with van der Waals surface area (Å²) in [5.74, 6) is 1.72. The van der Waals surface area contributed by atoms with E-state index in [9.17, 15) is 4.79 Å². The lowest BCUT2D eigenvalue weighted by Crippen LogP contribution is -2.27. The van der Waals surface area contributed by atoms with Crippen molar-refractivity contribution in [1.82, 2.24) is 25.1 Å². The van der Waals surface area contributed by atoms with Crippen LogP contribution in [-0.4, -0.2) is 58.2 Å². The van der Waals surface area contributed by atoms with Crippen molar-refractivity contribution < 1.29 is 9.53 Å². The molecule has 138 valence electrons. The lowest BCUT2D eigenvalue weighted by atomic mass is 10.3. The van der Waals surface area contributed by atoms with Crippen LogP contribution in [-0.2, 0) is 16.1 Å². The smallest absolute Gasteiger partial charge is 0.220 e. The molecule has 1 amide bonds. The number of carbonyl (C=O) groups is 1. The maximum atomic E-state index is 11.6. The van der Waals surface area contributed by atoms with Gasteiger partial charge in [-0.1, -0.05) is 25.6 Å². The van der Waals surface area contributed by atoms with Crippen LogP contribution in [0.5, 0.6) is 0 Å². The number of hydrogen-bond acceptors (Lipinski definition) is 7. The third-order valence-electron chi connectivity index (χ3n) is 3.47. The van der Waals surface area contributed by atoms with Gasteiger partial charge in [0.25, 0.3) is 0 Å². The molecule has 0 spiro atoms. The minimum absolute atomic E-state index is 0.0673. The van der Waals surface area contributed by atoms with Crippen LogP contribution < -0.4 is 10.6 Å². The molecular formula is C16H26N6O2S. The van der Waals surface area contributed by atoms with E-state index in [2.05, 4.69) is 32.6 Å². The first-order valence-electron chi connectivity index (χ1n) is 8.55. The molecule has 2 heterocycles. The van der Waals surface area contributed by atoms with Gasteiger partial charge in [0.1, 0.15) is 5.82 Å². The van der Waals surface area contributed by atoms with Crippen molar-refractivity contribution in [3.05, 3.63) is 6.20 Å². The maximum absolute atomic E-state index is 11.6. The van der Waals surface area contributed by atoms with Crippen molar-refractivity contribution in [3.63, 3.8) is 0 Å². The number of carbonyl (C=O) groups excluding carboxylic acids is 1. The Labute approximate surface area is 152 Å². The summed E-state index contributed by atoms with van der Waals surface area (Å²) in [6, 6.07) is 0. The standard InChI is InChI=1S/C16H26N6O2S/c1-4-6-13(23)17-7-9-22-15-12(11-19-22)14(18-8-10-24-3)20-16(21-15)25-5-2/h11H,4-10H2,1-3H3,(H,17,23)(H,18,20,21). The molecule has 0 atom stereocenters. The quantitative estimate of drug-likeness (QED) is 0.356. The number of ether oxygens (including phenoxy) is 1. The molecule has 2 aromatic rings. The molecule has 0 aliphatic heterocycles. The first kappa shape index (κ1) is 19.5. The van der Waals surface area contributed by atoms with Gasteiger partial charge in [-0.25, -0.2) is 14.6 Å². The summed E-state index contributed by atoms with van der Waals surface area (Å²) in [6.07, 6.45) is 3.16. The average Bonchev–Trinajstić information content (AvgIpc) is 2.99. The zero-order valence-electron chi connectivity index (χ0n) is 15.0. The molecule has 0 saturated heterocycles. The molecule has 8 nitrogen and oxygen atoms in total. The van der Waals surface area contributed by atoms with E-state index in [-0.39, 0.29) is 5.91 Å². The van der Waals surface area contributed by atoms with Crippen molar-refractivity contribution in [3.8, 4) is 0 Å². The summed E-state index contributed by atoms with van der Waals surface area (Å²) in [5, 5.41) is 12.2. The van der Waals surface area contributed by atoms with Crippen LogP contribution in [0.25, 0.3) is 11.0 Å². The monoisotopic (exact) mass is 366 g/mol. The second kappa shape index (κ2) is 10.2. The molecule has 0 radical (unpaired) electrons. The van der Waals surface area contributed by atoms with E-state index in [4.69, 9.17) is 4.74 Å². The Morgan fingerprint density at radius 1 is 1.32 bits per heavy atom. The number of amides is 1. The number of nitrogens with one attached hydrogen (secondary N) is 2. The molecule has 25 heavy (non-hydrogen) atoms. The average molecular weight is 366 g/mol. The van der Waals surface area contributed by atoms with E-state index in [0.717, 1.165) is 29.0 Å². The minimum Gasteiger partial charge on any atom is -0.383 e. The number of hydrogen-bond donors (Lipinski definition) is 2. The molecule has 0 unspecified atom stereocenters. The van der Waals surface area contributed by atoms with Gasteiger partial charge >= 0.3 is 0 Å². The zero-order valence-corrected chi connectivity index (χ0v) is 15.9. The van der Waals surface area contributed by atoms with Gasteiger partial charge in [-0.3, -0.25) is 4.79 Å². The number of aromatic nitrogens is 4. The number of anilines is 1. The van der Waals surface area contributed by atoms with Crippen molar-refractivity contribution >= 4 is 34.5 Å². The number of nitrogens with zero attached hydrogens (tertiary/aromatic N) is 4. The van der Waals surface area contributed by atoms with Crippen molar-refractivity contribution in [2.45, 2.75) is 38.4 Å². The molecular weight excluding hydrogens is 340 g/mol. The molecule has 2 aromatic heterocycles. The Bertz CT molecular complexity index is 691. The molecule has 2 N–H and O–H groups in total. The largest absolute Gasteiger partial charge is 0.383 e. The van der Waals surface area contributed by atoms with Crippen LogP contribution >= 0.6 is 11.8 Å². The third kappa shape index (κ3) is 5.57. The lowest BCUT2D eigenvalue weighted by molar-refractivity contribution is -0.121. The highest BCUT2D eigenvalue weighted by atomic mass is 32.2. The maximum Gasteiger partial charge on any atom is 0.220 e. The molecule has 0 aliphatic rings. The van der Waals surface area contributed by atoms with Crippen LogP contribution in [0.15, 0.2) is 11.4 Å². The Balaban J connectivity index is 2.16. The van der Waals surface area contributed by atoms with Gasteiger partial charge in [0, 0.05) is 26.6 Å². The molecule has 2 rings (SSSR count). The second-order valence-corrected chi connectivity index (χ2v) is 6.64. The number of thioether (sulfide) groups is 1. The van der Waals surface area contributed by atoms with Crippen LogP contribution in [0.4, 0.5) is 5.82 Å². The normalized spacial score (nSPS) is 11.0. The second-order valence-electron chi connectivity index (χ2n) is 5.41. The summed E-state index contributed by atoms with van der Waals surface area (Å²) >= 11 is 1.59. The fourth-order valence-corrected chi connectivity index (χ4v) is 2.88. The number of rotatable bonds is 11. The van der Waals surface area contributed by atoms with Crippen LogP contribution in [0.2, 0.25) is 0 Å². The molecule has 0 fully saturated rings. The first-order valence-corrected chi connectivity index (χ1v) is 9.54. The van der Waals surface area contributed by atoms with Gasteiger partial charge < -0.3 is 15.4 Å². The molecule has 0 saturated carbocycles. The van der Waals surface area contributed by atoms with E-state index < -0.39 is 0 Å². The van der Waals surface area contributed by atoms with Crippen molar-refractivity contribution in [2.75, 3.05) is 37.9 Å². The van der Waals surface area contributed by atoms with E-state index in [0.29, 0.717) is 37.8 Å². The third-order valence-corrected chi connectivity index (χ3v) is 4.20. The van der Waals surface area contributed by atoms with Crippen molar-refractivity contribution in [2.24, 2.45) is 0 Å². The Kier molecular flexibility index (Phi) is 7.93. The molecule has 0 aromatic carbocycles. The predicted octanol–water partition coefficient (Wildman–Crippen LogP) is 1.91. The summed E-state index contributed by atoms with van der Waals surface area (Å²) in [5.41, 5.74) is 0.774. The Morgan fingerprint density at radius 2 is 2.16 bits per heavy atom. The van der Waals surface area contributed by atoms with E-state index in [1.807, 2.05) is 11.6 Å². The van der Waals surface area contributed by atoms with Crippen LogP contribution in [0.3, 0.4) is 0 Å². The topological polar surface area (TPSA) is 94.0 Å². The Hall–Kier alpha value is -1.87. The van der Waals surface area contributed by atoms with Gasteiger partial charge in [-0.15, -0.1) is 0 Å². The summed E-state index contributed by atoms with van der Waals surface area (Å²) in [7, 11) is 1.67. The SMILES string of the molecule is CCCC(=O)NCCn1ncc2c(NCCOC)nc(SCC)nc21. The highest BCUT2D eigenvalue weighted by Crippen LogP contribution is 2.24. The Morgan fingerprint density at radius 3 is 2.88 bits per heavy atom. The first-order chi connectivity index (χ1) is 12.2. The summed E-state index contributed by atoms with van der Waals surface area (Å²) in [4.78, 5) is 20.8. The summed E-state index contributed by atoms with van der Waals surface area (Å²) in [6.45, 7) is 6.42. The van der Waals surface area contributed by atoms with Gasteiger partial charge in [-0.05, 0) is 12.2 Å². The van der Waals surface area contributed by atoms with Gasteiger partial charge in [0.05, 0.1) is 24.7 Å². The molecule has 0 aliphatic carbocycles. The fourth-order valence-electron chi connectivity index (χ4n) is 2.32. The minimum atomic E-state index is 0.0673. The van der Waals surface area contributed by atoms with Crippen molar-refractivity contribution in [1.29, 1.82) is 0 Å². The van der Waals surface area contributed by atoms with Crippen LogP contribution in [0.1, 0.15) is 26.7 Å². The van der Waals surface area contributed by atoms with E-state index in [1.165, 1.54) is 0 Å². The molecule has 9 heteroatoms. The van der Waals surface area contributed by atoms with Gasteiger partial charge in [0.15, 0.2) is 10.8 Å². The van der Waals surface area contributed by atoms with Gasteiger partial charge in [0.2, 0.25) is 5.91 Å². The fraction of sp³-hybridized carbons (Fsp3) is 0.625. The van der Waals surface area contributed by atoms with Crippen LogP contribution in [0, 0.1) is 0 Å². The van der Waals surface area contributed by atoms with Gasteiger partial charge in [-0.2, -0.15) is 5.10 Å². The van der Waals surface area contributed by atoms with E-state index in [1.54, 1.807) is 25.1 Å².